The van der Waals surface area contributed by atoms with Crippen LogP contribution in [0.25, 0.3) is 0 Å². The van der Waals surface area contributed by atoms with Gasteiger partial charge in [0.1, 0.15) is 0 Å². The van der Waals surface area contributed by atoms with Crippen molar-refractivity contribution in [3.8, 4) is 0 Å². The van der Waals surface area contributed by atoms with Gasteiger partial charge in [0.2, 0.25) is 0 Å². The van der Waals surface area contributed by atoms with Gasteiger partial charge in [-0.2, -0.15) is 0 Å². The fraction of sp³-hybridized carbons (Fsp3) is 0.636. The Hall–Kier alpha value is 0.1000. The van der Waals surface area contributed by atoms with Crippen LogP contribution in [0.15, 0.2) is 15.9 Å². The first-order valence-corrected chi connectivity index (χ1v) is 7.08. The predicted octanol–water partition coefficient (Wildman–Crippen LogP) is 2.99. The Morgan fingerprint density at radius 3 is 3.00 bits per heavy atom. The fourth-order valence-corrected chi connectivity index (χ4v) is 3.93. The van der Waals surface area contributed by atoms with Crippen LogP contribution in [-0.2, 0) is 0 Å². The quantitative estimate of drug-likeness (QED) is 0.927. The molecule has 2 atom stereocenters. The zero-order valence-corrected chi connectivity index (χ0v) is 11.4. The molecule has 0 amide bonds. The van der Waals surface area contributed by atoms with Crippen molar-refractivity contribution >= 4 is 27.3 Å². The topological polar surface area (TPSA) is 29.3 Å². The van der Waals surface area contributed by atoms with E-state index in [1.54, 1.807) is 0 Å². The molecule has 1 aliphatic heterocycles. The first-order chi connectivity index (χ1) is 7.22. The number of likely N-dealkylation sites (tertiary alicyclic amines) is 1. The fourth-order valence-electron chi connectivity index (χ4n) is 2.30. The second-order valence-electron chi connectivity index (χ2n) is 4.08. The van der Waals surface area contributed by atoms with Gasteiger partial charge in [-0.25, -0.2) is 0 Å². The molecule has 2 nitrogen and oxygen atoms in total. The summed E-state index contributed by atoms with van der Waals surface area (Å²) in [5.41, 5.74) is 6.19. The van der Waals surface area contributed by atoms with Crippen LogP contribution in [0, 0.1) is 0 Å². The van der Waals surface area contributed by atoms with E-state index in [9.17, 15) is 0 Å². The van der Waals surface area contributed by atoms with E-state index < -0.39 is 0 Å². The van der Waals surface area contributed by atoms with E-state index in [0.29, 0.717) is 12.1 Å². The molecule has 1 fully saturated rings. The van der Waals surface area contributed by atoms with Crippen LogP contribution in [0.2, 0.25) is 0 Å². The molecular weight excluding hydrogens is 272 g/mol. The van der Waals surface area contributed by atoms with E-state index in [1.807, 2.05) is 11.3 Å². The van der Waals surface area contributed by atoms with E-state index >= 15 is 0 Å². The van der Waals surface area contributed by atoms with Crippen molar-refractivity contribution < 1.29 is 0 Å². The van der Waals surface area contributed by atoms with E-state index in [2.05, 4.69) is 39.9 Å². The van der Waals surface area contributed by atoms with Gasteiger partial charge in [0.15, 0.2) is 0 Å². The third-order valence-corrected chi connectivity index (χ3v) is 4.64. The molecule has 2 heterocycles. The normalized spacial score (nSPS) is 27.4. The van der Waals surface area contributed by atoms with Gasteiger partial charge >= 0.3 is 0 Å². The average Bonchev–Trinajstić information content (AvgIpc) is 2.74. The molecule has 1 aliphatic rings. The van der Waals surface area contributed by atoms with Gasteiger partial charge in [0.25, 0.3) is 0 Å². The van der Waals surface area contributed by atoms with Gasteiger partial charge in [-0.3, -0.25) is 4.90 Å². The average molecular weight is 289 g/mol. The predicted molar refractivity (Wildman–Crippen MR) is 69.2 cm³/mol. The molecule has 1 aromatic rings. The van der Waals surface area contributed by atoms with Crippen LogP contribution >= 0.6 is 27.3 Å². The van der Waals surface area contributed by atoms with Gasteiger partial charge in [-0.1, -0.05) is 6.92 Å². The highest BCUT2D eigenvalue weighted by Gasteiger charge is 2.32. The van der Waals surface area contributed by atoms with Crippen LogP contribution in [0.5, 0.6) is 0 Å². The van der Waals surface area contributed by atoms with E-state index in [0.717, 1.165) is 19.5 Å². The number of hydrogen-bond donors (Lipinski definition) is 1. The Labute approximate surface area is 104 Å². The van der Waals surface area contributed by atoms with Gasteiger partial charge in [-0.15, -0.1) is 11.3 Å². The summed E-state index contributed by atoms with van der Waals surface area (Å²) in [5.74, 6) is 0. The first kappa shape index (κ1) is 11.6. The molecule has 0 aliphatic carbocycles. The molecule has 4 heteroatoms. The summed E-state index contributed by atoms with van der Waals surface area (Å²) in [4.78, 5) is 3.92. The minimum atomic E-state index is 0.307. The van der Waals surface area contributed by atoms with Crippen molar-refractivity contribution in [1.82, 2.24) is 4.90 Å². The summed E-state index contributed by atoms with van der Waals surface area (Å²) in [5, 5.41) is 0. The zero-order chi connectivity index (χ0) is 10.8. The van der Waals surface area contributed by atoms with Crippen molar-refractivity contribution in [2.45, 2.75) is 31.8 Å². The Morgan fingerprint density at radius 2 is 2.40 bits per heavy atom. The Morgan fingerprint density at radius 1 is 1.60 bits per heavy atom. The zero-order valence-electron chi connectivity index (χ0n) is 8.95. The highest BCUT2D eigenvalue weighted by Crippen LogP contribution is 2.36. The summed E-state index contributed by atoms with van der Waals surface area (Å²) in [7, 11) is 0. The lowest BCUT2D eigenvalue weighted by Crippen LogP contribution is -2.31. The number of nitrogens with zero attached hydrogens (tertiary/aromatic N) is 1. The number of nitrogens with two attached hydrogens (primary N) is 1. The minimum Gasteiger partial charge on any atom is -0.326 e. The smallest absolute Gasteiger partial charge is 0.0702 e. The second-order valence-corrected chi connectivity index (χ2v) is 6.57. The molecule has 0 radical (unpaired) electrons. The molecule has 1 aromatic heterocycles. The second kappa shape index (κ2) is 4.95. The third kappa shape index (κ3) is 2.44. The molecule has 0 aromatic carbocycles. The maximum Gasteiger partial charge on any atom is 0.0702 e. The van der Waals surface area contributed by atoms with Gasteiger partial charge in [-0.05, 0) is 47.4 Å². The minimum absolute atomic E-state index is 0.307. The van der Waals surface area contributed by atoms with Crippen LogP contribution in [0.1, 0.15) is 30.7 Å². The van der Waals surface area contributed by atoms with Crippen LogP contribution < -0.4 is 5.73 Å². The first-order valence-electron chi connectivity index (χ1n) is 5.47. The molecular formula is C11H17BrN2S. The van der Waals surface area contributed by atoms with Gasteiger partial charge in [0, 0.05) is 17.5 Å². The molecule has 15 heavy (non-hydrogen) atoms. The van der Waals surface area contributed by atoms with E-state index in [4.69, 9.17) is 5.73 Å². The number of hydrogen-bond acceptors (Lipinski definition) is 3. The molecule has 0 bridgehead atoms. The van der Waals surface area contributed by atoms with Crippen molar-refractivity contribution in [2.75, 3.05) is 13.1 Å². The van der Waals surface area contributed by atoms with Crippen LogP contribution in [0.4, 0.5) is 0 Å². The lowest BCUT2D eigenvalue weighted by atomic mass is 10.1. The number of rotatable bonds is 3. The molecule has 2 rings (SSSR count). The molecule has 2 N–H and O–H groups in total. The summed E-state index contributed by atoms with van der Waals surface area (Å²) in [6, 6.07) is 5.07. The van der Waals surface area contributed by atoms with Gasteiger partial charge in [0.05, 0.1) is 9.83 Å². The maximum absolute atomic E-state index is 6.19. The lowest BCUT2D eigenvalue weighted by Gasteiger charge is -2.25. The van der Waals surface area contributed by atoms with Crippen molar-refractivity contribution in [3.63, 3.8) is 0 Å². The molecule has 0 saturated carbocycles. The highest BCUT2D eigenvalue weighted by atomic mass is 79.9. The van der Waals surface area contributed by atoms with Crippen molar-refractivity contribution in [2.24, 2.45) is 5.73 Å². The monoisotopic (exact) mass is 288 g/mol. The summed E-state index contributed by atoms with van der Waals surface area (Å²) < 4.78 is 1.20. The largest absolute Gasteiger partial charge is 0.326 e. The number of thiophene rings is 1. The van der Waals surface area contributed by atoms with Crippen molar-refractivity contribution in [3.05, 3.63) is 20.8 Å². The SMILES string of the molecule is CCCN1CCC(N)C1c1ccc(Br)s1. The van der Waals surface area contributed by atoms with E-state index in [-0.39, 0.29) is 0 Å². The van der Waals surface area contributed by atoms with E-state index in [1.165, 1.54) is 15.1 Å². The maximum atomic E-state index is 6.19. The summed E-state index contributed by atoms with van der Waals surface area (Å²) >= 11 is 5.33. The molecule has 84 valence electrons. The molecule has 2 unspecified atom stereocenters. The Bertz CT molecular complexity index is 324. The summed E-state index contributed by atoms with van der Waals surface area (Å²) in [6.45, 7) is 4.54. The Balaban J connectivity index is 2.17. The van der Waals surface area contributed by atoms with Crippen LogP contribution in [0.3, 0.4) is 0 Å². The highest BCUT2D eigenvalue weighted by molar-refractivity contribution is 9.11. The van der Waals surface area contributed by atoms with Gasteiger partial charge < -0.3 is 5.73 Å². The van der Waals surface area contributed by atoms with Crippen molar-refractivity contribution in [1.29, 1.82) is 0 Å². The standard InChI is InChI=1S/C11H17BrN2S/c1-2-6-14-7-5-8(13)11(14)9-3-4-10(12)15-9/h3-4,8,11H,2,5-7,13H2,1H3. The molecule has 1 saturated heterocycles. The van der Waals surface area contributed by atoms with Crippen LogP contribution in [-0.4, -0.2) is 24.0 Å². The third-order valence-electron chi connectivity index (χ3n) is 2.94. The summed E-state index contributed by atoms with van der Waals surface area (Å²) in [6.07, 6.45) is 2.33. The molecule has 0 spiro atoms. The number of halogens is 1. The lowest BCUT2D eigenvalue weighted by molar-refractivity contribution is 0.251. The Kier molecular flexibility index (Phi) is 3.83.